The van der Waals surface area contributed by atoms with Gasteiger partial charge in [-0.3, -0.25) is 15.2 Å². The molecule has 0 saturated carbocycles. The molecule has 2 N–H and O–H groups in total. The second-order valence-electron chi connectivity index (χ2n) is 18.3. The number of benzene rings is 5. The maximum atomic E-state index is 4.72. The largest absolute Gasteiger partial charge is 0.378 e. The van der Waals surface area contributed by atoms with Crippen molar-refractivity contribution < 1.29 is 0 Å². The molecule has 0 fully saturated rings. The number of allylic oxidation sites excluding steroid dienone is 2. The van der Waals surface area contributed by atoms with E-state index in [0.29, 0.717) is 0 Å². The van der Waals surface area contributed by atoms with Gasteiger partial charge < -0.3 is 19.6 Å². The van der Waals surface area contributed by atoms with E-state index in [-0.39, 0.29) is 10.8 Å². The van der Waals surface area contributed by atoms with Crippen molar-refractivity contribution in [3.05, 3.63) is 209 Å². The Morgan fingerprint density at radius 3 is 1.21 bits per heavy atom. The summed E-state index contributed by atoms with van der Waals surface area (Å²) in [5.74, 6) is 0. The molecule has 0 radical (unpaired) electrons. The minimum absolute atomic E-state index is 0.286. The molecule has 0 amide bonds. The molecule has 9 nitrogen and oxygen atoms in total. The van der Waals surface area contributed by atoms with Gasteiger partial charge in [0.2, 0.25) is 0 Å². The van der Waals surface area contributed by atoms with Crippen LogP contribution in [0.15, 0.2) is 164 Å². The molecule has 2 aliphatic rings. The number of aromatic amines is 2. The minimum atomic E-state index is -0.307. The quantitative estimate of drug-likeness (QED) is 0.142. The Labute approximate surface area is 389 Å². The molecule has 10 rings (SSSR count). The van der Waals surface area contributed by atoms with Crippen LogP contribution in [-0.4, -0.2) is 81.8 Å². The predicted octanol–water partition coefficient (Wildman–Crippen LogP) is 10.9. The summed E-state index contributed by atoms with van der Waals surface area (Å²) >= 11 is 0. The van der Waals surface area contributed by atoms with Crippen LogP contribution in [0.1, 0.15) is 44.8 Å². The number of hydrogen-bond acceptors (Lipinski definition) is 7. The fraction of sp³-hybridized carbons (Fsp3) is 0.211. The summed E-state index contributed by atoms with van der Waals surface area (Å²) in [7, 11) is 16.7. The molecule has 5 aromatic carbocycles. The second kappa shape index (κ2) is 18.1. The number of hydrogen-bond donors (Lipinski definition) is 2. The summed E-state index contributed by atoms with van der Waals surface area (Å²) in [6.45, 7) is 0. The van der Waals surface area contributed by atoms with Crippen LogP contribution in [0.25, 0.3) is 34.8 Å². The molecule has 332 valence electrons. The normalized spacial score (nSPS) is 14.1. The molecule has 0 saturated heterocycles. The van der Waals surface area contributed by atoms with E-state index in [1.807, 2.05) is 30.5 Å². The SMILES string of the molecule is CN(C)c1cccc(C2(c3cccc(N(C)C)c3)C=Cc3c(-c4ccccc4)n[nH]c3C2)c1.CN(C)c1cccc(C2(c3cccc(N(C)C)c3)C=Cc3c(-c4ccccn4)n[nH]c3C2)c1. The molecular weight excluding hydrogens is 811 g/mol. The van der Waals surface area contributed by atoms with E-state index in [1.165, 1.54) is 56.3 Å². The highest BCUT2D eigenvalue weighted by atomic mass is 15.1. The first kappa shape index (κ1) is 43.6. The summed E-state index contributed by atoms with van der Waals surface area (Å²) in [6, 6.07) is 51.8. The number of nitrogens with one attached hydrogen (secondary N) is 2. The van der Waals surface area contributed by atoms with Gasteiger partial charge in [-0.1, -0.05) is 109 Å². The van der Waals surface area contributed by atoms with E-state index in [2.05, 4.69) is 242 Å². The van der Waals surface area contributed by atoms with Gasteiger partial charge in [-0.25, -0.2) is 0 Å². The molecule has 66 heavy (non-hydrogen) atoms. The Morgan fingerprint density at radius 1 is 0.424 bits per heavy atom. The lowest BCUT2D eigenvalue weighted by Gasteiger charge is -2.35. The molecule has 0 unspecified atom stereocenters. The molecule has 8 aromatic rings. The number of rotatable bonds is 10. The van der Waals surface area contributed by atoms with Crippen molar-refractivity contribution in [3.63, 3.8) is 0 Å². The fourth-order valence-corrected chi connectivity index (χ4v) is 9.42. The Kier molecular flexibility index (Phi) is 11.9. The Morgan fingerprint density at radius 2 is 0.818 bits per heavy atom. The first-order valence-corrected chi connectivity index (χ1v) is 22.6. The van der Waals surface area contributed by atoms with Crippen molar-refractivity contribution in [2.45, 2.75) is 23.7 Å². The van der Waals surface area contributed by atoms with Crippen molar-refractivity contribution in [1.29, 1.82) is 0 Å². The third-order valence-electron chi connectivity index (χ3n) is 13.2. The number of anilines is 4. The highest BCUT2D eigenvalue weighted by Gasteiger charge is 2.39. The second-order valence-corrected chi connectivity index (χ2v) is 18.3. The number of fused-ring (bicyclic) bond motifs is 2. The van der Waals surface area contributed by atoms with Crippen molar-refractivity contribution >= 4 is 34.9 Å². The molecule has 0 bridgehead atoms. The van der Waals surface area contributed by atoms with Gasteiger partial charge in [-0.15, -0.1) is 0 Å². The van der Waals surface area contributed by atoms with Gasteiger partial charge in [0.15, 0.2) is 0 Å². The highest BCUT2D eigenvalue weighted by Crippen LogP contribution is 2.46. The summed E-state index contributed by atoms with van der Waals surface area (Å²) in [5, 5.41) is 16.1. The molecule has 2 aliphatic carbocycles. The van der Waals surface area contributed by atoms with Crippen LogP contribution in [0.3, 0.4) is 0 Å². The smallest absolute Gasteiger partial charge is 0.118 e. The van der Waals surface area contributed by atoms with E-state index in [0.717, 1.165) is 46.7 Å². The first-order chi connectivity index (χ1) is 32.0. The number of nitrogens with zero attached hydrogens (tertiary/aromatic N) is 7. The average Bonchev–Trinajstić information content (AvgIpc) is 3.98. The molecular formula is C57H59N9. The fourth-order valence-electron chi connectivity index (χ4n) is 9.42. The van der Waals surface area contributed by atoms with E-state index in [4.69, 9.17) is 5.10 Å². The van der Waals surface area contributed by atoms with Crippen LogP contribution in [0, 0.1) is 0 Å². The van der Waals surface area contributed by atoms with E-state index < -0.39 is 0 Å². The van der Waals surface area contributed by atoms with Gasteiger partial charge in [0, 0.05) is 137 Å². The Hall–Kier alpha value is -7.65. The highest BCUT2D eigenvalue weighted by molar-refractivity contribution is 5.78. The molecule has 0 spiro atoms. The number of aromatic nitrogens is 5. The van der Waals surface area contributed by atoms with E-state index >= 15 is 0 Å². The van der Waals surface area contributed by atoms with Gasteiger partial charge in [-0.05, 0) is 82.9 Å². The van der Waals surface area contributed by atoms with Crippen LogP contribution in [0.2, 0.25) is 0 Å². The van der Waals surface area contributed by atoms with Crippen LogP contribution >= 0.6 is 0 Å². The number of H-pyrrole nitrogens is 2. The summed E-state index contributed by atoms with van der Waals surface area (Å²) < 4.78 is 0. The van der Waals surface area contributed by atoms with Crippen molar-refractivity contribution in [3.8, 4) is 22.6 Å². The molecule has 3 heterocycles. The van der Waals surface area contributed by atoms with E-state index in [1.54, 1.807) is 0 Å². The average molecular weight is 870 g/mol. The maximum absolute atomic E-state index is 4.72. The zero-order valence-electron chi connectivity index (χ0n) is 39.3. The van der Waals surface area contributed by atoms with Crippen molar-refractivity contribution in [2.24, 2.45) is 0 Å². The lowest BCUT2D eigenvalue weighted by molar-refractivity contribution is 0.620. The molecule has 0 atom stereocenters. The topological polar surface area (TPSA) is 83.2 Å². The van der Waals surface area contributed by atoms with Gasteiger partial charge >= 0.3 is 0 Å². The molecule has 0 aliphatic heterocycles. The predicted molar refractivity (Wildman–Crippen MR) is 276 cm³/mol. The van der Waals surface area contributed by atoms with Gasteiger partial charge in [0.1, 0.15) is 5.69 Å². The van der Waals surface area contributed by atoms with Crippen LogP contribution in [0.5, 0.6) is 0 Å². The van der Waals surface area contributed by atoms with Crippen molar-refractivity contribution in [1.82, 2.24) is 25.4 Å². The summed E-state index contributed by atoms with van der Waals surface area (Å²) in [5.41, 5.74) is 17.8. The third kappa shape index (κ3) is 8.29. The van der Waals surface area contributed by atoms with E-state index in [9.17, 15) is 0 Å². The zero-order chi connectivity index (χ0) is 46.0. The van der Waals surface area contributed by atoms with Crippen LogP contribution < -0.4 is 19.6 Å². The first-order valence-electron chi connectivity index (χ1n) is 22.6. The standard InChI is InChI=1S/C29H30N4.C28H29N5/c1-32(2)24-14-8-12-22(18-24)29(23-13-9-15-25(19-23)33(3)4)17-16-26-27(20-29)30-31-28(26)21-10-6-5-7-11-21;1-32(2)22-11-7-9-20(17-22)28(21-10-8-12-23(18-21)33(3)4)15-14-24-26(19-28)30-31-27(24)25-13-5-6-16-29-25/h5-19H,20H2,1-4H3,(H,30,31);5-18H,19H2,1-4H3,(H,30,31). The summed E-state index contributed by atoms with van der Waals surface area (Å²) in [4.78, 5) is 13.1. The lowest BCUT2D eigenvalue weighted by atomic mass is 9.68. The lowest BCUT2D eigenvalue weighted by Crippen LogP contribution is -2.31. The van der Waals surface area contributed by atoms with Gasteiger partial charge in [0.25, 0.3) is 0 Å². The van der Waals surface area contributed by atoms with Crippen LogP contribution in [-0.2, 0) is 23.7 Å². The van der Waals surface area contributed by atoms with Crippen molar-refractivity contribution in [2.75, 3.05) is 76.0 Å². The summed E-state index contributed by atoms with van der Waals surface area (Å²) in [6.07, 6.45) is 12.6. The monoisotopic (exact) mass is 869 g/mol. The van der Waals surface area contributed by atoms with Gasteiger partial charge in [0.05, 0.1) is 11.4 Å². The maximum Gasteiger partial charge on any atom is 0.118 e. The molecule has 3 aromatic heterocycles. The Balaban J connectivity index is 0.000000166. The third-order valence-corrected chi connectivity index (χ3v) is 13.2. The minimum Gasteiger partial charge on any atom is -0.378 e. The molecule has 9 heteroatoms. The Bertz CT molecular complexity index is 2700. The van der Waals surface area contributed by atoms with Gasteiger partial charge in [-0.2, -0.15) is 10.2 Å². The number of pyridine rings is 1. The van der Waals surface area contributed by atoms with Crippen LogP contribution in [0.4, 0.5) is 22.7 Å². The zero-order valence-corrected chi connectivity index (χ0v) is 39.3.